The van der Waals surface area contributed by atoms with Crippen LogP contribution in [0.25, 0.3) is 0 Å². The number of ether oxygens (including phenoxy) is 2. The highest BCUT2D eigenvalue weighted by Crippen LogP contribution is 2.40. The molecule has 1 aromatic carbocycles. The first-order valence-corrected chi connectivity index (χ1v) is 13.0. The van der Waals surface area contributed by atoms with Gasteiger partial charge < -0.3 is 14.6 Å². The van der Waals surface area contributed by atoms with E-state index in [1.165, 1.54) is 0 Å². The van der Waals surface area contributed by atoms with Crippen molar-refractivity contribution in [2.75, 3.05) is 6.54 Å². The Balaban J connectivity index is 2.01. The van der Waals surface area contributed by atoms with Gasteiger partial charge in [0.15, 0.2) is 0 Å². The lowest BCUT2D eigenvalue weighted by atomic mass is 9.75. The number of rotatable bonds is 4. The van der Waals surface area contributed by atoms with Crippen LogP contribution in [0.4, 0.5) is 4.79 Å². The van der Waals surface area contributed by atoms with Gasteiger partial charge >= 0.3 is 12.1 Å². The summed E-state index contributed by atoms with van der Waals surface area (Å²) in [5.74, 6) is 0.602. The van der Waals surface area contributed by atoms with Gasteiger partial charge in [0.05, 0.1) is 6.04 Å². The van der Waals surface area contributed by atoms with Crippen molar-refractivity contribution in [3.63, 3.8) is 0 Å². The van der Waals surface area contributed by atoms with Crippen molar-refractivity contribution in [3.05, 3.63) is 46.2 Å². The molecule has 1 aromatic rings. The summed E-state index contributed by atoms with van der Waals surface area (Å²) in [7, 11) is 0. The molecule has 0 unspecified atom stereocenters. The first kappa shape index (κ1) is 27.1. The molecule has 194 valence electrons. The zero-order valence-electron chi connectivity index (χ0n) is 22.7. The molecule has 6 heteroatoms. The Labute approximate surface area is 210 Å². The van der Waals surface area contributed by atoms with Gasteiger partial charge in [-0.1, -0.05) is 56.5 Å². The maximum atomic E-state index is 13.7. The summed E-state index contributed by atoms with van der Waals surface area (Å²) in [4.78, 5) is 28.6. The summed E-state index contributed by atoms with van der Waals surface area (Å²) in [6, 6.07) is 5.19. The SMILES string of the molecule is Cc1cc(C)cc([C@@H]2C(C(=O)O[C@@H]3C[C@H](C)CC[C@H]3C(C)C)=C(O)CCN2C(=O)OC(C)(C)C)c1. The Morgan fingerprint density at radius 1 is 1.09 bits per heavy atom. The number of esters is 1. The Kier molecular flexibility index (Phi) is 8.23. The molecule has 3 rings (SSSR count). The van der Waals surface area contributed by atoms with Crippen LogP contribution in [0.15, 0.2) is 29.5 Å². The number of hydrogen-bond acceptors (Lipinski definition) is 5. The number of aliphatic hydroxyl groups is 1. The van der Waals surface area contributed by atoms with E-state index in [1.807, 2.05) is 52.8 Å². The van der Waals surface area contributed by atoms with Crippen LogP contribution in [0.1, 0.15) is 90.0 Å². The lowest BCUT2D eigenvalue weighted by Crippen LogP contribution is -2.45. The van der Waals surface area contributed by atoms with E-state index in [2.05, 4.69) is 20.8 Å². The molecule has 0 saturated heterocycles. The molecule has 35 heavy (non-hydrogen) atoms. The van der Waals surface area contributed by atoms with Crippen LogP contribution in [-0.4, -0.2) is 40.3 Å². The first-order valence-electron chi connectivity index (χ1n) is 13.0. The summed E-state index contributed by atoms with van der Waals surface area (Å²) in [5.41, 5.74) is 2.26. The Bertz CT molecular complexity index is 954. The third kappa shape index (κ3) is 6.59. The fourth-order valence-corrected chi connectivity index (χ4v) is 5.52. The second kappa shape index (κ2) is 10.6. The van der Waals surface area contributed by atoms with Gasteiger partial charge in [0.2, 0.25) is 0 Å². The molecule has 0 bridgehead atoms. The molecule has 1 aliphatic carbocycles. The molecule has 0 radical (unpaired) electrons. The van der Waals surface area contributed by atoms with Crippen molar-refractivity contribution in [1.29, 1.82) is 0 Å². The van der Waals surface area contributed by atoms with Crippen LogP contribution in [0.2, 0.25) is 0 Å². The first-order chi connectivity index (χ1) is 16.3. The highest BCUT2D eigenvalue weighted by Gasteiger charge is 2.42. The minimum atomic E-state index is -0.775. The topological polar surface area (TPSA) is 76.1 Å². The number of hydrogen-bond donors (Lipinski definition) is 1. The molecule has 1 saturated carbocycles. The zero-order chi connectivity index (χ0) is 26.1. The maximum Gasteiger partial charge on any atom is 0.411 e. The number of benzene rings is 1. The highest BCUT2D eigenvalue weighted by atomic mass is 16.6. The largest absolute Gasteiger partial charge is 0.512 e. The van der Waals surface area contributed by atoms with Crippen molar-refractivity contribution in [1.82, 2.24) is 4.90 Å². The van der Waals surface area contributed by atoms with Crippen molar-refractivity contribution in [2.24, 2.45) is 17.8 Å². The van der Waals surface area contributed by atoms with Gasteiger partial charge in [-0.3, -0.25) is 4.90 Å². The molecule has 1 fully saturated rings. The Morgan fingerprint density at radius 3 is 2.29 bits per heavy atom. The number of carbonyl (C=O) groups excluding carboxylic acids is 2. The van der Waals surface area contributed by atoms with Gasteiger partial charge in [0, 0.05) is 13.0 Å². The standard InChI is InChI=1S/C29H43NO5/c1-17(2)22-10-9-18(3)16-24(22)34-27(32)25-23(31)11-12-30(28(33)35-29(6,7)8)26(25)21-14-19(4)13-20(5)15-21/h13-15,17-18,22,24,26,31H,9-12,16H2,1-8H3/t18-,22+,24-,26-/m1/s1. The van der Waals surface area contributed by atoms with E-state index in [4.69, 9.17) is 9.47 Å². The molecule has 4 atom stereocenters. The van der Waals surface area contributed by atoms with Gasteiger partial charge in [-0.05, 0) is 70.8 Å². The molecule has 2 aliphatic rings. The van der Waals surface area contributed by atoms with E-state index in [0.29, 0.717) is 11.8 Å². The number of nitrogens with zero attached hydrogens (tertiary/aromatic N) is 1. The highest BCUT2D eigenvalue weighted by molar-refractivity contribution is 5.92. The maximum absolute atomic E-state index is 13.7. The fourth-order valence-electron chi connectivity index (χ4n) is 5.52. The minimum absolute atomic E-state index is 0.0103. The third-order valence-electron chi connectivity index (χ3n) is 7.11. The molecule has 6 nitrogen and oxygen atoms in total. The van der Waals surface area contributed by atoms with E-state index >= 15 is 0 Å². The van der Waals surface area contributed by atoms with Crippen LogP contribution >= 0.6 is 0 Å². The lowest BCUT2D eigenvalue weighted by Gasteiger charge is -2.40. The Morgan fingerprint density at radius 2 is 1.71 bits per heavy atom. The second-order valence-electron chi connectivity index (χ2n) is 11.9. The van der Waals surface area contributed by atoms with Gasteiger partial charge in [-0.15, -0.1) is 0 Å². The van der Waals surface area contributed by atoms with Gasteiger partial charge in [-0.25, -0.2) is 9.59 Å². The fraction of sp³-hybridized carbons (Fsp3) is 0.655. The number of aryl methyl sites for hydroxylation is 2. The molecule has 1 aliphatic heterocycles. The number of aliphatic hydroxyl groups excluding tert-OH is 1. The van der Waals surface area contributed by atoms with Crippen molar-refractivity contribution >= 4 is 12.1 Å². The van der Waals surface area contributed by atoms with Gasteiger partial charge in [0.1, 0.15) is 23.0 Å². The molecule has 0 spiro atoms. The summed E-state index contributed by atoms with van der Waals surface area (Å²) in [6.45, 7) is 16.2. The van der Waals surface area contributed by atoms with E-state index in [-0.39, 0.29) is 36.3 Å². The lowest BCUT2D eigenvalue weighted by molar-refractivity contribution is -0.152. The number of carbonyl (C=O) groups is 2. The zero-order valence-corrected chi connectivity index (χ0v) is 22.7. The molecular formula is C29H43NO5. The van der Waals surface area contributed by atoms with Crippen molar-refractivity contribution < 1.29 is 24.2 Å². The quantitative estimate of drug-likeness (QED) is 0.475. The summed E-state index contributed by atoms with van der Waals surface area (Å²) >= 11 is 0. The van der Waals surface area contributed by atoms with Gasteiger partial charge in [-0.2, -0.15) is 0 Å². The van der Waals surface area contributed by atoms with E-state index < -0.39 is 23.7 Å². The normalized spacial score (nSPS) is 25.6. The van der Waals surface area contributed by atoms with E-state index in [0.717, 1.165) is 36.0 Å². The summed E-state index contributed by atoms with van der Waals surface area (Å²) < 4.78 is 11.8. The Hall–Kier alpha value is -2.50. The van der Waals surface area contributed by atoms with Crippen LogP contribution in [0.3, 0.4) is 0 Å². The molecule has 1 N–H and O–H groups in total. The average molecular weight is 486 g/mol. The smallest absolute Gasteiger partial charge is 0.411 e. The van der Waals surface area contributed by atoms with Crippen molar-refractivity contribution in [3.8, 4) is 0 Å². The monoisotopic (exact) mass is 485 g/mol. The average Bonchev–Trinajstić information content (AvgIpc) is 2.71. The summed E-state index contributed by atoms with van der Waals surface area (Å²) in [6.07, 6.45) is 2.43. The predicted molar refractivity (Wildman–Crippen MR) is 137 cm³/mol. The molecule has 1 heterocycles. The van der Waals surface area contributed by atoms with Crippen LogP contribution in [-0.2, 0) is 14.3 Å². The predicted octanol–water partition coefficient (Wildman–Crippen LogP) is 6.80. The molecule has 1 amide bonds. The summed E-state index contributed by atoms with van der Waals surface area (Å²) in [5, 5.41) is 11.0. The third-order valence-corrected chi connectivity index (χ3v) is 7.11. The minimum Gasteiger partial charge on any atom is -0.512 e. The van der Waals surface area contributed by atoms with Crippen LogP contribution in [0.5, 0.6) is 0 Å². The molecule has 0 aromatic heterocycles. The van der Waals surface area contributed by atoms with Gasteiger partial charge in [0.25, 0.3) is 0 Å². The number of amides is 1. The van der Waals surface area contributed by atoms with Crippen molar-refractivity contribution in [2.45, 2.75) is 98.8 Å². The second-order valence-corrected chi connectivity index (χ2v) is 11.9. The molecular weight excluding hydrogens is 442 g/mol. The van der Waals surface area contributed by atoms with Crippen LogP contribution in [0, 0.1) is 31.6 Å². The van der Waals surface area contributed by atoms with E-state index in [9.17, 15) is 14.7 Å². The van der Waals surface area contributed by atoms with E-state index in [1.54, 1.807) is 4.90 Å². The van der Waals surface area contributed by atoms with Crippen LogP contribution < -0.4 is 0 Å².